The number of aryl methyl sites for hydroxylation is 2. The number of nitrogens with zero attached hydrogens (tertiary/aromatic N) is 6. The van der Waals surface area contributed by atoms with Gasteiger partial charge in [0.1, 0.15) is 5.52 Å². The average Bonchev–Trinajstić information content (AvgIpc) is 3.14. The van der Waals surface area contributed by atoms with Crippen LogP contribution in [0.25, 0.3) is 10.9 Å². The summed E-state index contributed by atoms with van der Waals surface area (Å²) in [7, 11) is 2.18. The van der Waals surface area contributed by atoms with Crippen molar-refractivity contribution < 1.29 is 4.79 Å². The van der Waals surface area contributed by atoms with Gasteiger partial charge in [-0.3, -0.25) is 9.48 Å². The summed E-state index contributed by atoms with van der Waals surface area (Å²) in [5.74, 6) is 1.33. The Kier molecular flexibility index (Phi) is 7.07. The average molecular weight is 428 g/mol. The fraction of sp³-hybridized carbons (Fsp3) is 0.696. The van der Waals surface area contributed by atoms with Gasteiger partial charge in [-0.15, -0.1) is 0 Å². The van der Waals surface area contributed by atoms with E-state index in [1.165, 1.54) is 5.39 Å². The molecule has 2 saturated heterocycles. The maximum atomic E-state index is 12.7. The molecule has 0 radical (unpaired) electrons. The Morgan fingerprint density at radius 3 is 2.61 bits per heavy atom. The smallest absolute Gasteiger partial charge is 0.223 e. The second kappa shape index (κ2) is 9.96. The molecule has 1 amide bonds. The van der Waals surface area contributed by atoms with E-state index in [0.717, 1.165) is 95.2 Å². The van der Waals surface area contributed by atoms with Gasteiger partial charge in [-0.1, -0.05) is 0 Å². The lowest BCUT2D eigenvalue weighted by molar-refractivity contribution is -0.125. The molecule has 2 aliphatic heterocycles. The first-order chi connectivity index (χ1) is 15.1. The lowest BCUT2D eigenvalue weighted by atomic mass is 9.95. The molecular weight excluding hydrogens is 390 g/mol. The monoisotopic (exact) mass is 427 g/mol. The van der Waals surface area contributed by atoms with E-state index in [-0.39, 0.29) is 11.8 Å². The van der Waals surface area contributed by atoms with Gasteiger partial charge in [0.2, 0.25) is 5.91 Å². The zero-order valence-electron chi connectivity index (χ0n) is 19.3. The van der Waals surface area contributed by atoms with Gasteiger partial charge >= 0.3 is 0 Å². The van der Waals surface area contributed by atoms with Gasteiger partial charge < -0.3 is 20.0 Å². The van der Waals surface area contributed by atoms with Gasteiger partial charge in [-0.2, -0.15) is 5.10 Å². The molecule has 31 heavy (non-hydrogen) atoms. The first-order valence-corrected chi connectivity index (χ1v) is 11.8. The van der Waals surface area contributed by atoms with Crippen LogP contribution in [0, 0.1) is 12.8 Å². The minimum atomic E-state index is 0.108. The van der Waals surface area contributed by atoms with Crippen LogP contribution >= 0.6 is 0 Å². The molecule has 2 aliphatic rings. The Hall–Kier alpha value is -2.19. The molecular formula is C23H37N7O. The zero-order chi connectivity index (χ0) is 21.8. The maximum Gasteiger partial charge on any atom is 0.223 e. The molecule has 8 heteroatoms. The molecule has 0 saturated carbocycles. The Labute approximate surface area is 185 Å². The Morgan fingerprint density at radius 1 is 1.16 bits per heavy atom. The van der Waals surface area contributed by atoms with Crippen molar-refractivity contribution in [2.24, 2.45) is 5.92 Å². The van der Waals surface area contributed by atoms with Gasteiger partial charge in [-0.05, 0) is 52.8 Å². The van der Waals surface area contributed by atoms with Gasteiger partial charge in [0.25, 0.3) is 0 Å². The number of rotatable bonds is 7. The number of piperidine rings is 1. The standard InChI is InChI=1S/C23H37N7O/c1-4-30-21-20(18(2)26-30)6-10-24-22(21)29-12-7-19(8-13-29)23(31)25-9-5-11-28-16-14-27(3)15-17-28/h6,10,19H,4-5,7-9,11-17H2,1-3H3,(H,25,31). The molecule has 0 bridgehead atoms. The molecule has 170 valence electrons. The summed E-state index contributed by atoms with van der Waals surface area (Å²) in [6, 6.07) is 2.05. The van der Waals surface area contributed by atoms with Crippen LogP contribution in [0.2, 0.25) is 0 Å². The highest BCUT2D eigenvalue weighted by molar-refractivity contribution is 5.91. The largest absolute Gasteiger partial charge is 0.356 e. The van der Waals surface area contributed by atoms with Crippen molar-refractivity contribution in [1.29, 1.82) is 0 Å². The second-order valence-corrected chi connectivity index (χ2v) is 8.98. The quantitative estimate of drug-likeness (QED) is 0.679. The molecule has 2 aromatic rings. The molecule has 0 aliphatic carbocycles. The van der Waals surface area contributed by atoms with E-state index < -0.39 is 0 Å². The van der Waals surface area contributed by atoms with Gasteiger partial charge in [0, 0.05) is 69.9 Å². The van der Waals surface area contributed by atoms with Crippen LogP contribution < -0.4 is 10.2 Å². The summed E-state index contributed by atoms with van der Waals surface area (Å²) in [5.41, 5.74) is 2.17. The summed E-state index contributed by atoms with van der Waals surface area (Å²) < 4.78 is 2.05. The first kappa shape index (κ1) is 22.0. The number of nitrogens with one attached hydrogen (secondary N) is 1. The van der Waals surface area contributed by atoms with Crippen LogP contribution in [0.5, 0.6) is 0 Å². The normalized spacial score (nSPS) is 19.3. The van der Waals surface area contributed by atoms with Crippen molar-refractivity contribution in [3.05, 3.63) is 18.0 Å². The summed E-state index contributed by atoms with van der Waals surface area (Å²) in [5, 5.41) is 9.02. The van der Waals surface area contributed by atoms with E-state index in [0.29, 0.717) is 0 Å². The first-order valence-electron chi connectivity index (χ1n) is 11.8. The highest BCUT2D eigenvalue weighted by Crippen LogP contribution is 2.30. The summed E-state index contributed by atoms with van der Waals surface area (Å²) in [6.07, 6.45) is 4.66. The number of likely N-dealkylation sites (N-methyl/N-ethyl adjacent to an activating group) is 1. The number of aromatic nitrogens is 3. The molecule has 0 unspecified atom stereocenters. The van der Waals surface area contributed by atoms with Crippen LogP contribution in [0.15, 0.2) is 12.3 Å². The molecule has 0 atom stereocenters. The van der Waals surface area contributed by atoms with Crippen LogP contribution in [0.1, 0.15) is 31.9 Å². The number of hydrogen-bond donors (Lipinski definition) is 1. The number of carbonyl (C=O) groups is 1. The molecule has 8 nitrogen and oxygen atoms in total. The van der Waals surface area contributed by atoms with E-state index in [1.54, 1.807) is 0 Å². The fourth-order valence-electron chi connectivity index (χ4n) is 4.82. The van der Waals surface area contributed by atoms with Gasteiger partial charge in [0.15, 0.2) is 5.82 Å². The number of carbonyl (C=O) groups excluding carboxylic acids is 1. The highest BCUT2D eigenvalue weighted by Gasteiger charge is 2.27. The van der Waals surface area contributed by atoms with Gasteiger partial charge in [-0.25, -0.2) is 4.98 Å². The minimum absolute atomic E-state index is 0.108. The summed E-state index contributed by atoms with van der Waals surface area (Å²) in [6.45, 7) is 13.1. The van der Waals surface area contributed by atoms with Crippen molar-refractivity contribution in [2.75, 3.05) is 64.3 Å². The predicted octanol–water partition coefficient (Wildman–Crippen LogP) is 1.73. The lowest BCUT2D eigenvalue weighted by Crippen LogP contribution is -2.45. The van der Waals surface area contributed by atoms with Crippen molar-refractivity contribution in [3.63, 3.8) is 0 Å². The van der Waals surface area contributed by atoms with Crippen LogP contribution in [-0.2, 0) is 11.3 Å². The van der Waals surface area contributed by atoms with Crippen LogP contribution in [0.3, 0.4) is 0 Å². The topological polar surface area (TPSA) is 69.5 Å². The van der Waals surface area contributed by atoms with E-state index in [1.807, 2.05) is 10.9 Å². The fourth-order valence-corrected chi connectivity index (χ4v) is 4.82. The van der Waals surface area contributed by atoms with E-state index in [2.05, 4.69) is 57.1 Å². The van der Waals surface area contributed by atoms with Crippen molar-refractivity contribution in [2.45, 2.75) is 39.7 Å². The third kappa shape index (κ3) is 5.01. The minimum Gasteiger partial charge on any atom is -0.356 e. The predicted molar refractivity (Wildman–Crippen MR) is 124 cm³/mol. The van der Waals surface area contributed by atoms with Crippen molar-refractivity contribution in [1.82, 2.24) is 29.9 Å². The number of anilines is 1. The summed E-state index contributed by atoms with van der Waals surface area (Å²) >= 11 is 0. The maximum absolute atomic E-state index is 12.7. The number of piperazine rings is 1. The number of hydrogen-bond acceptors (Lipinski definition) is 6. The second-order valence-electron chi connectivity index (χ2n) is 8.98. The van der Waals surface area contributed by atoms with Crippen molar-refractivity contribution in [3.8, 4) is 0 Å². The SMILES string of the molecule is CCn1nc(C)c2ccnc(N3CCC(C(=O)NCCCN4CCN(C)CC4)CC3)c21. The lowest BCUT2D eigenvalue weighted by Gasteiger charge is -2.33. The third-order valence-corrected chi connectivity index (χ3v) is 6.83. The molecule has 4 rings (SSSR count). The van der Waals surface area contributed by atoms with Gasteiger partial charge in [0.05, 0.1) is 5.69 Å². The number of amides is 1. The van der Waals surface area contributed by atoms with Crippen LogP contribution in [0.4, 0.5) is 5.82 Å². The van der Waals surface area contributed by atoms with E-state index in [9.17, 15) is 4.79 Å². The molecule has 0 aromatic carbocycles. The number of pyridine rings is 1. The molecule has 0 spiro atoms. The number of fused-ring (bicyclic) bond motifs is 1. The van der Waals surface area contributed by atoms with E-state index >= 15 is 0 Å². The molecule has 4 heterocycles. The molecule has 2 fully saturated rings. The highest BCUT2D eigenvalue weighted by atomic mass is 16.1. The summed E-state index contributed by atoms with van der Waals surface area (Å²) in [4.78, 5) is 24.6. The van der Waals surface area contributed by atoms with Crippen molar-refractivity contribution >= 4 is 22.6 Å². The Balaban J connectivity index is 1.25. The molecule has 1 N–H and O–H groups in total. The zero-order valence-corrected chi connectivity index (χ0v) is 19.3. The third-order valence-electron chi connectivity index (χ3n) is 6.83. The molecule has 2 aromatic heterocycles. The Bertz CT molecular complexity index is 879. The Morgan fingerprint density at radius 2 is 1.90 bits per heavy atom. The van der Waals surface area contributed by atoms with E-state index in [4.69, 9.17) is 0 Å². The van der Waals surface area contributed by atoms with Crippen LogP contribution in [-0.4, -0.2) is 89.9 Å².